The van der Waals surface area contributed by atoms with Crippen LogP contribution < -0.4 is 5.32 Å². The van der Waals surface area contributed by atoms with E-state index in [4.69, 9.17) is 0 Å². The fourth-order valence-corrected chi connectivity index (χ4v) is 4.68. The molecular formula is C22H23BrN4OS. The molecule has 2 heterocycles. The lowest BCUT2D eigenvalue weighted by Gasteiger charge is -2.26. The summed E-state index contributed by atoms with van der Waals surface area (Å²) in [5.41, 5.74) is 4.34. The highest BCUT2D eigenvalue weighted by molar-refractivity contribution is 9.10. The number of hydrogen-bond acceptors (Lipinski definition) is 4. The van der Waals surface area contributed by atoms with Crippen LogP contribution >= 0.6 is 27.7 Å². The SMILES string of the molecule is Cc1c(C(=O)Nc2cccc(CN3CCSCC3)c2)cnn1-c1ccc(Br)cc1. The number of thioether (sulfide) groups is 1. The van der Waals surface area contributed by atoms with Crippen LogP contribution in [0.4, 0.5) is 5.69 Å². The van der Waals surface area contributed by atoms with Crippen LogP contribution in [0, 0.1) is 6.92 Å². The van der Waals surface area contributed by atoms with E-state index in [0.717, 1.165) is 41.2 Å². The van der Waals surface area contributed by atoms with Crippen LogP contribution in [-0.4, -0.2) is 45.2 Å². The van der Waals surface area contributed by atoms with Gasteiger partial charge in [0.1, 0.15) is 0 Å². The maximum absolute atomic E-state index is 12.8. The van der Waals surface area contributed by atoms with Gasteiger partial charge < -0.3 is 5.32 Å². The predicted molar refractivity (Wildman–Crippen MR) is 123 cm³/mol. The van der Waals surface area contributed by atoms with Crippen LogP contribution in [0.3, 0.4) is 0 Å². The molecule has 3 aromatic rings. The summed E-state index contributed by atoms with van der Waals surface area (Å²) in [7, 11) is 0. The molecule has 5 nitrogen and oxygen atoms in total. The fraction of sp³-hybridized carbons (Fsp3) is 0.273. The number of aromatic nitrogens is 2. The Labute approximate surface area is 183 Å². The number of benzene rings is 2. The van der Waals surface area contributed by atoms with E-state index in [1.807, 2.05) is 55.1 Å². The summed E-state index contributed by atoms with van der Waals surface area (Å²) in [6.45, 7) is 5.07. The van der Waals surface area contributed by atoms with Gasteiger partial charge in [0.2, 0.25) is 0 Å². The molecule has 1 saturated heterocycles. The Bertz CT molecular complexity index is 996. The third kappa shape index (κ3) is 4.91. The van der Waals surface area contributed by atoms with E-state index in [9.17, 15) is 4.79 Å². The standard InChI is InChI=1S/C22H23BrN4OS/c1-16-21(14-24-27(16)20-7-5-18(23)6-8-20)22(28)25-19-4-2-3-17(13-19)15-26-9-11-29-12-10-26/h2-8,13-14H,9-12,15H2,1H3,(H,25,28). The average Bonchev–Trinajstić information content (AvgIpc) is 3.11. The molecule has 1 amide bonds. The summed E-state index contributed by atoms with van der Waals surface area (Å²) in [5.74, 6) is 2.24. The highest BCUT2D eigenvalue weighted by atomic mass is 79.9. The Morgan fingerprint density at radius 3 is 2.69 bits per heavy atom. The van der Waals surface area contributed by atoms with E-state index in [1.165, 1.54) is 17.1 Å². The number of carbonyl (C=O) groups is 1. The number of amides is 1. The van der Waals surface area contributed by atoms with Crippen molar-refractivity contribution in [2.45, 2.75) is 13.5 Å². The number of carbonyl (C=O) groups excluding carboxylic acids is 1. The minimum atomic E-state index is -0.141. The second-order valence-corrected chi connectivity index (χ2v) is 9.22. The van der Waals surface area contributed by atoms with Crippen LogP contribution in [0.2, 0.25) is 0 Å². The number of nitrogens with one attached hydrogen (secondary N) is 1. The number of halogens is 1. The van der Waals surface area contributed by atoms with Gasteiger partial charge >= 0.3 is 0 Å². The molecule has 0 aliphatic carbocycles. The lowest BCUT2D eigenvalue weighted by molar-refractivity contribution is 0.102. The normalized spacial score (nSPS) is 14.7. The van der Waals surface area contributed by atoms with Crippen molar-refractivity contribution in [1.29, 1.82) is 0 Å². The molecule has 2 aromatic carbocycles. The lowest BCUT2D eigenvalue weighted by Crippen LogP contribution is -2.31. The van der Waals surface area contributed by atoms with Crippen LogP contribution in [0.15, 0.2) is 59.2 Å². The first-order chi connectivity index (χ1) is 14.1. The number of nitrogens with zero attached hydrogens (tertiary/aromatic N) is 3. The van der Waals surface area contributed by atoms with Crippen LogP contribution in [0.25, 0.3) is 5.69 Å². The molecule has 1 N–H and O–H groups in total. The van der Waals surface area contributed by atoms with Crippen molar-refractivity contribution in [2.75, 3.05) is 29.9 Å². The van der Waals surface area contributed by atoms with Crippen molar-refractivity contribution < 1.29 is 4.79 Å². The van der Waals surface area contributed by atoms with Gasteiger partial charge in [-0.05, 0) is 48.9 Å². The summed E-state index contributed by atoms with van der Waals surface area (Å²) in [6.07, 6.45) is 1.63. The van der Waals surface area contributed by atoms with Crippen molar-refractivity contribution in [3.8, 4) is 5.69 Å². The van der Waals surface area contributed by atoms with Gasteiger partial charge in [0, 0.05) is 41.3 Å². The van der Waals surface area contributed by atoms with Gasteiger partial charge in [0.05, 0.1) is 23.1 Å². The fourth-order valence-electron chi connectivity index (χ4n) is 3.44. The van der Waals surface area contributed by atoms with Crippen molar-refractivity contribution in [3.63, 3.8) is 0 Å². The molecule has 4 rings (SSSR count). The molecular weight excluding hydrogens is 448 g/mol. The molecule has 0 bridgehead atoms. The third-order valence-corrected chi connectivity index (χ3v) is 6.49. The van der Waals surface area contributed by atoms with Crippen molar-refractivity contribution in [3.05, 3.63) is 76.0 Å². The number of rotatable bonds is 5. The van der Waals surface area contributed by atoms with E-state index < -0.39 is 0 Å². The van der Waals surface area contributed by atoms with Crippen molar-refractivity contribution in [1.82, 2.24) is 14.7 Å². The Morgan fingerprint density at radius 1 is 1.17 bits per heavy atom. The quantitative estimate of drug-likeness (QED) is 0.584. The Hall–Kier alpha value is -2.09. The van der Waals surface area contributed by atoms with Crippen LogP contribution in [-0.2, 0) is 6.54 Å². The minimum absolute atomic E-state index is 0.141. The molecule has 1 aromatic heterocycles. The second-order valence-electron chi connectivity index (χ2n) is 7.07. The van der Waals surface area contributed by atoms with Gasteiger partial charge in [-0.15, -0.1) is 0 Å². The maximum atomic E-state index is 12.8. The average molecular weight is 471 g/mol. The molecule has 0 spiro atoms. The summed E-state index contributed by atoms with van der Waals surface area (Å²) in [4.78, 5) is 15.3. The summed E-state index contributed by atoms with van der Waals surface area (Å²) in [5, 5.41) is 7.43. The highest BCUT2D eigenvalue weighted by Gasteiger charge is 2.16. The highest BCUT2D eigenvalue weighted by Crippen LogP contribution is 2.20. The van der Waals surface area contributed by atoms with Gasteiger partial charge in [-0.1, -0.05) is 28.1 Å². The monoisotopic (exact) mass is 470 g/mol. The summed E-state index contributed by atoms with van der Waals surface area (Å²) in [6, 6.07) is 16.0. The second kappa shape index (κ2) is 9.15. The topological polar surface area (TPSA) is 50.2 Å². The summed E-state index contributed by atoms with van der Waals surface area (Å²) < 4.78 is 2.79. The maximum Gasteiger partial charge on any atom is 0.259 e. The molecule has 7 heteroatoms. The molecule has 1 aliphatic heterocycles. The molecule has 29 heavy (non-hydrogen) atoms. The molecule has 0 radical (unpaired) electrons. The minimum Gasteiger partial charge on any atom is -0.322 e. The first-order valence-electron chi connectivity index (χ1n) is 9.61. The first-order valence-corrected chi connectivity index (χ1v) is 11.6. The van der Waals surface area contributed by atoms with Gasteiger partial charge in [-0.25, -0.2) is 4.68 Å². The Balaban J connectivity index is 1.47. The predicted octanol–water partition coefficient (Wildman–Crippen LogP) is 4.74. The molecule has 1 fully saturated rings. The Kier molecular flexibility index (Phi) is 6.37. The van der Waals surface area contributed by atoms with E-state index in [0.29, 0.717) is 5.56 Å². The van der Waals surface area contributed by atoms with E-state index in [2.05, 4.69) is 43.4 Å². The van der Waals surface area contributed by atoms with Crippen molar-refractivity contribution in [2.24, 2.45) is 0 Å². The first kappa shape index (κ1) is 20.2. The zero-order valence-electron chi connectivity index (χ0n) is 16.3. The zero-order valence-corrected chi connectivity index (χ0v) is 18.7. The van der Waals surface area contributed by atoms with Crippen molar-refractivity contribution >= 4 is 39.3 Å². The number of hydrogen-bond donors (Lipinski definition) is 1. The molecule has 0 atom stereocenters. The zero-order chi connectivity index (χ0) is 20.2. The number of anilines is 1. The summed E-state index contributed by atoms with van der Waals surface area (Å²) >= 11 is 5.45. The van der Waals surface area contributed by atoms with E-state index in [1.54, 1.807) is 10.9 Å². The molecule has 0 saturated carbocycles. The molecule has 150 valence electrons. The smallest absolute Gasteiger partial charge is 0.259 e. The lowest BCUT2D eigenvalue weighted by atomic mass is 10.1. The third-order valence-electron chi connectivity index (χ3n) is 5.02. The molecule has 0 unspecified atom stereocenters. The van der Waals surface area contributed by atoms with Crippen LogP contribution in [0.5, 0.6) is 0 Å². The van der Waals surface area contributed by atoms with E-state index >= 15 is 0 Å². The van der Waals surface area contributed by atoms with E-state index in [-0.39, 0.29) is 5.91 Å². The van der Waals surface area contributed by atoms with Gasteiger partial charge in [-0.2, -0.15) is 16.9 Å². The van der Waals surface area contributed by atoms with Crippen LogP contribution in [0.1, 0.15) is 21.6 Å². The largest absolute Gasteiger partial charge is 0.322 e. The van der Waals surface area contributed by atoms with Gasteiger partial charge in [0.25, 0.3) is 5.91 Å². The Morgan fingerprint density at radius 2 is 1.93 bits per heavy atom. The van der Waals surface area contributed by atoms with Gasteiger partial charge in [0.15, 0.2) is 0 Å². The molecule has 1 aliphatic rings. The van der Waals surface area contributed by atoms with Gasteiger partial charge in [-0.3, -0.25) is 9.69 Å².